The molecule has 0 saturated heterocycles. The Kier molecular flexibility index (Phi) is 3.09. The summed E-state index contributed by atoms with van der Waals surface area (Å²) in [4.78, 5) is 12.3. The van der Waals surface area contributed by atoms with Crippen LogP contribution in [0.5, 0.6) is 0 Å². The van der Waals surface area contributed by atoms with Crippen LogP contribution in [0.4, 0.5) is 5.82 Å². The second kappa shape index (κ2) is 5.05. The van der Waals surface area contributed by atoms with Crippen LogP contribution in [-0.2, 0) is 6.54 Å². The van der Waals surface area contributed by atoms with Crippen molar-refractivity contribution in [2.75, 3.05) is 5.73 Å². The molecular formula is C15H14N4O. The molecule has 3 aromatic rings. The summed E-state index contributed by atoms with van der Waals surface area (Å²) in [5.74, 6) is 0.352. The fraction of sp³-hybridized carbons (Fsp3) is 0.0667. The molecule has 100 valence electrons. The van der Waals surface area contributed by atoms with E-state index in [9.17, 15) is 4.79 Å². The number of amides is 1. The number of benzene rings is 2. The maximum Gasteiger partial charge on any atom is 0.252 e. The van der Waals surface area contributed by atoms with Crippen molar-refractivity contribution < 1.29 is 4.79 Å². The molecule has 0 saturated carbocycles. The van der Waals surface area contributed by atoms with Gasteiger partial charge in [0.1, 0.15) is 5.82 Å². The number of nitrogens with one attached hydrogen (secondary N) is 2. The Balaban J connectivity index is 1.84. The Morgan fingerprint density at radius 2 is 2.00 bits per heavy atom. The largest absolute Gasteiger partial charge is 0.384 e. The predicted molar refractivity (Wildman–Crippen MR) is 78.1 cm³/mol. The molecule has 5 heteroatoms. The minimum Gasteiger partial charge on any atom is -0.384 e. The number of aromatic nitrogens is 2. The van der Waals surface area contributed by atoms with Gasteiger partial charge in [-0.2, -0.15) is 5.10 Å². The van der Waals surface area contributed by atoms with Gasteiger partial charge >= 0.3 is 0 Å². The highest BCUT2D eigenvalue weighted by atomic mass is 16.1. The second-order valence-corrected chi connectivity index (χ2v) is 4.52. The fourth-order valence-electron chi connectivity index (χ4n) is 2.16. The molecular weight excluding hydrogens is 252 g/mol. The Morgan fingerprint density at radius 3 is 2.80 bits per heavy atom. The van der Waals surface area contributed by atoms with Crippen molar-refractivity contribution in [2.24, 2.45) is 0 Å². The highest BCUT2D eigenvalue weighted by molar-refractivity contribution is 6.06. The maximum atomic E-state index is 12.3. The van der Waals surface area contributed by atoms with E-state index >= 15 is 0 Å². The number of aromatic amines is 1. The van der Waals surface area contributed by atoms with Crippen molar-refractivity contribution in [2.45, 2.75) is 6.54 Å². The van der Waals surface area contributed by atoms with Crippen LogP contribution in [0.1, 0.15) is 15.9 Å². The molecule has 3 rings (SSSR count). The Bertz CT molecular complexity index is 758. The van der Waals surface area contributed by atoms with Gasteiger partial charge in [-0.05, 0) is 16.8 Å². The number of carbonyl (C=O) groups is 1. The number of rotatable bonds is 3. The van der Waals surface area contributed by atoms with Crippen LogP contribution in [0.2, 0.25) is 0 Å². The molecule has 0 bridgehead atoms. The summed E-state index contributed by atoms with van der Waals surface area (Å²) in [6, 6.07) is 13.5. The summed E-state index contributed by atoms with van der Waals surface area (Å²) in [5.41, 5.74) is 7.12. The van der Waals surface area contributed by atoms with Crippen LogP contribution in [-0.4, -0.2) is 16.1 Å². The first-order valence-corrected chi connectivity index (χ1v) is 6.29. The number of nitrogen functional groups attached to an aromatic ring is 1. The molecule has 20 heavy (non-hydrogen) atoms. The third-order valence-electron chi connectivity index (χ3n) is 3.22. The normalized spacial score (nSPS) is 10.6. The lowest BCUT2D eigenvalue weighted by Gasteiger charge is -2.07. The molecule has 1 amide bonds. The third kappa shape index (κ3) is 2.21. The van der Waals surface area contributed by atoms with E-state index in [2.05, 4.69) is 15.5 Å². The minimum absolute atomic E-state index is 0.123. The van der Waals surface area contributed by atoms with Gasteiger partial charge in [0.15, 0.2) is 0 Å². The lowest BCUT2D eigenvalue weighted by atomic mass is 10.0. The highest BCUT2D eigenvalue weighted by Crippen LogP contribution is 2.18. The van der Waals surface area contributed by atoms with Gasteiger partial charge in [-0.3, -0.25) is 9.89 Å². The van der Waals surface area contributed by atoms with E-state index in [1.54, 1.807) is 6.20 Å². The monoisotopic (exact) mass is 266 g/mol. The zero-order valence-corrected chi connectivity index (χ0v) is 10.8. The highest BCUT2D eigenvalue weighted by Gasteiger charge is 2.10. The van der Waals surface area contributed by atoms with Gasteiger partial charge in [-0.1, -0.05) is 36.4 Å². The predicted octanol–water partition coefficient (Wildman–Crippen LogP) is 2.08. The van der Waals surface area contributed by atoms with E-state index in [1.165, 1.54) is 0 Å². The molecule has 0 aliphatic heterocycles. The van der Waals surface area contributed by atoms with Gasteiger partial charge in [-0.15, -0.1) is 0 Å². The molecule has 0 radical (unpaired) electrons. The van der Waals surface area contributed by atoms with Crippen molar-refractivity contribution in [1.82, 2.24) is 15.5 Å². The van der Waals surface area contributed by atoms with E-state index in [1.807, 2.05) is 42.5 Å². The SMILES string of the molecule is Nc1[nH]ncc1CNC(=O)c1cccc2ccccc12. The fourth-order valence-corrected chi connectivity index (χ4v) is 2.16. The molecule has 0 aliphatic carbocycles. The average Bonchev–Trinajstić information content (AvgIpc) is 2.89. The van der Waals surface area contributed by atoms with Gasteiger partial charge in [0, 0.05) is 17.7 Å². The molecule has 2 aromatic carbocycles. The molecule has 4 N–H and O–H groups in total. The summed E-state index contributed by atoms with van der Waals surface area (Å²) in [5, 5.41) is 11.3. The molecule has 0 atom stereocenters. The van der Waals surface area contributed by atoms with Gasteiger partial charge in [0.25, 0.3) is 5.91 Å². The van der Waals surface area contributed by atoms with Gasteiger partial charge in [0.2, 0.25) is 0 Å². The van der Waals surface area contributed by atoms with Gasteiger partial charge < -0.3 is 11.1 Å². The van der Waals surface area contributed by atoms with Crippen molar-refractivity contribution in [3.05, 3.63) is 59.8 Å². The number of H-pyrrole nitrogens is 1. The quantitative estimate of drug-likeness (QED) is 0.678. The van der Waals surface area contributed by atoms with E-state index in [-0.39, 0.29) is 5.91 Å². The second-order valence-electron chi connectivity index (χ2n) is 4.52. The number of fused-ring (bicyclic) bond motifs is 1. The lowest BCUT2D eigenvalue weighted by Crippen LogP contribution is -2.23. The van der Waals surface area contributed by atoms with Crippen LogP contribution in [0.15, 0.2) is 48.7 Å². The first-order valence-electron chi connectivity index (χ1n) is 6.29. The summed E-state index contributed by atoms with van der Waals surface area (Å²) < 4.78 is 0. The van der Waals surface area contributed by atoms with E-state index in [4.69, 9.17) is 5.73 Å². The molecule has 1 aromatic heterocycles. The Morgan fingerprint density at radius 1 is 1.20 bits per heavy atom. The summed E-state index contributed by atoms with van der Waals surface area (Å²) in [6.07, 6.45) is 1.61. The molecule has 0 unspecified atom stereocenters. The Labute approximate surface area is 115 Å². The zero-order chi connectivity index (χ0) is 13.9. The number of nitrogens with zero attached hydrogens (tertiary/aromatic N) is 1. The smallest absolute Gasteiger partial charge is 0.252 e. The zero-order valence-electron chi connectivity index (χ0n) is 10.8. The number of carbonyl (C=O) groups excluding carboxylic acids is 1. The molecule has 1 heterocycles. The lowest BCUT2D eigenvalue weighted by molar-refractivity contribution is 0.0952. The van der Waals surface area contributed by atoms with Crippen molar-refractivity contribution in [3.8, 4) is 0 Å². The van der Waals surface area contributed by atoms with Crippen LogP contribution in [0.25, 0.3) is 10.8 Å². The van der Waals surface area contributed by atoms with E-state index in [0.717, 1.165) is 16.3 Å². The standard InChI is InChI=1S/C15H14N4O/c16-14-11(9-18-19-14)8-17-15(20)13-7-3-5-10-4-1-2-6-12(10)13/h1-7,9H,8H2,(H,17,20)(H3,16,18,19). The van der Waals surface area contributed by atoms with Crippen LogP contribution in [0.3, 0.4) is 0 Å². The number of anilines is 1. The summed E-state index contributed by atoms with van der Waals surface area (Å²) in [7, 11) is 0. The molecule has 5 nitrogen and oxygen atoms in total. The average molecular weight is 266 g/mol. The third-order valence-corrected chi connectivity index (χ3v) is 3.22. The van der Waals surface area contributed by atoms with Crippen molar-refractivity contribution >= 4 is 22.5 Å². The van der Waals surface area contributed by atoms with Crippen molar-refractivity contribution in [3.63, 3.8) is 0 Å². The summed E-state index contributed by atoms with van der Waals surface area (Å²) in [6.45, 7) is 0.352. The molecule has 0 fully saturated rings. The van der Waals surface area contributed by atoms with Crippen LogP contribution < -0.4 is 11.1 Å². The number of hydrogen-bond acceptors (Lipinski definition) is 3. The first kappa shape index (κ1) is 12.2. The van der Waals surface area contributed by atoms with Crippen molar-refractivity contribution in [1.29, 1.82) is 0 Å². The van der Waals surface area contributed by atoms with Gasteiger partial charge in [0.05, 0.1) is 6.20 Å². The van der Waals surface area contributed by atoms with E-state index in [0.29, 0.717) is 17.9 Å². The Hall–Kier alpha value is -2.82. The van der Waals surface area contributed by atoms with E-state index < -0.39 is 0 Å². The molecule has 0 spiro atoms. The first-order chi connectivity index (χ1) is 9.75. The maximum absolute atomic E-state index is 12.3. The molecule has 0 aliphatic rings. The van der Waals surface area contributed by atoms with Gasteiger partial charge in [-0.25, -0.2) is 0 Å². The summed E-state index contributed by atoms with van der Waals surface area (Å²) >= 11 is 0. The number of nitrogens with two attached hydrogens (primary N) is 1. The van der Waals surface area contributed by atoms with Crippen LogP contribution >= 0.6 is 0 Å². The minimum atomic E-state index is -0.123. The topological polar surface area (TPSA) is 83.8 Å². The number of hydrogen-bond donors (Lipinski definition) is 3. The van der Waals surface area contributed by atoms with Crippen LogP contribution in [0, 0.1) is 0 Å².